The summed E-state index contributed by atoms with van der Waals surface area (Å²) in [6.07, 6.45) is 6.51. The van der Waals surface area contributed by atoms with Crippen molar-refractivity contribution in [1.82, 2.24) is 0 Å². The van der Waals surface area contributed by atoms with Gasteiger partial charge in [0.2, 0.25) is 0 Å². The molecule has 1 heteroatoms. The molecule has 10 heavy (non-hydrogen) atoms. The van der Waals surface area contributed by atoms with E-state index < -0.39 is 5.60 Å². The van der Waals surface area contributed by atoms with Gasteiger partial charge in [0.15, 0.2) is 0 Å². The zero-order chi connectivity index (χ0) is 8.20. The monoisotopic (exact) mass is 140 g/mol. The van der Waals surface area contributed by atoms with Crippen LogP contribution >= 0.6 is 0 Å². The summed E-state index contributed by atoms with van der Waals surface area (Å²) in [4.78, 5) is 0. The lowest BCUT2D eigenvalue weighted by Gasteiger charge is -2.27. The highest BCUT2D eigenvalue weighted by molar-refractivity contribution is 4.94. The Kier molecular flexibility index (Phi) is 3.46. The normalized spacial score (nSPS) is 19.1. The highest BCUT2D eigenvalue weighted by atomic mass is 16.3. The lowest BCUT2D eigenvalue weighted by atomic mass is 9.86. The SMILES string of the molecule is C#CC[C@](C)(O)[C@@H](C)CC. The van der Waals surface area contributed by atoms with Gasteiger partial charge >= 0.3 is 0 Å². The molecule has 0 bridgehead atoms. The molecule has 58 valence electrons. The smallest absolute Gasteiger partial charge is 0.0753 e. The van der Waals surface area contributed by atoms with E-state index in [-0.39, 0.29) is 5.92 Å². The molecule has 0 aromatic carbocycles. The number of rotatable bonds is 3. The van der Waals surface area contributed by atoms with E-state index in [2.05, 4.69) is 12.8 Å². The highest BCUT2D eigenvalue weighted by Crippen LogP contribution is 2.22. The number of aliphatic hydroxyl groups is 1. The quantitative estimate of drug-likeness (QED) is 0.593. The van der Waals surface area contributed by atoms with E-state index in [9.17, 15) is 5.11 Å². The third-order valence-electron chi connectivity index (χ3n) is 2.13. The number of hydrogen-bond acceptors (Lipinski definition) is 1. The van der Waals surface area contributed by atoms with E-state index in [1.165, 1.54) is 0 Å². The van der Waals surface area contributed by atoms with E-state index in [0.717, 1.165) is 6.42 Å². The first-order valence-electron chi connectivity index (χ1n) is 3.70. The molecule has 0 aliphatic rings. The predicted molar refractivity (Wildman–Crippen MR) is 43.5 cm³/mol. The van der Waals surface area contributed by atoms with Gasteiger partial charge in [0.1, 0.15) is 0 Å². The van der Waals surface area contributed by atoms with Crippen molar-refractivity contribution in [3.8, 4) is 12.3 Å². The van der Waals surface area contributed by atoms with Gasteiger partial charge in [-0.25, -0.2) is 0 Å². The molecule has 0 aliphatic carbocycles. The molecule has 0 aliphatic heterocycles. The minimum Gasteiger partial charge on any atom is -0.389 e. The van der Waals surface area contributed by atoms with Crippen LogP contribution in [0.5, 0.6) is 0 Å². The number of terminal acetylenes is 1. The van der Waals surface area contributed by atoms with Crippen molar-refractivity contribution in [2.24, 2.45) is 5.92 Å². The van der Waals surface area contributed by atoms with E-state index >= 15 is 0 Å². The second-order valence-corrected chi connectivity index (χ2v) is 3.05. The fourth-order valence-corrected chi connectivity index (χ4v) is 0.821. The Morgan fingerprint density at radius 2 is 2.20 bits per heavy atom. The molecule has 0 radical (unpaired) electrons. The maximum absolute atomic E-state index is 9.64. The van der Waals surface area contributed by atoms with E-state index in [1.807, 2.05) is 6.92 Å². The summed E-state index contributed by atoms with van der Waals surface area (Å²) >= 11 is 0. The van der Waals surface area contributed by atoms with Crippen LogP contribution in [0.2, 0.25) is 0 Å². The van der Waals surface area contributed by atoms with Crippen molar-refractivity contribution in [3.63, 3.8) is 0 Å². The summed E-state index contributed by atoms with van der Waals surface area (Å²) in [6, 6.07) is 0. The largest absolute Gasteiger partial charge is 0.389 e. The lowest BCUT2D eigenvalue weighted by molar-refractivity contribution is 0.00972. The van der Waals surface area contributed by atoms with Crippen molar-refractivity contribution in [2.75, 3.05) is 0 Å². The van der Waals surface area contributed by atoms with Gasteiger partial charge < -0.3 is 5.11 Å². The average molecular weight is 140 g/mol. The lowest BCUT2D eigenvalue weighted by Crippen LogP contribution is -2.31. The Balaban J connectivity index is 3.98. The Hall–Kier alpha value is -0.480. The van der Waals surface area contributed by atoms with Crippen LogP contribution in [0.1, 0.15) is 33.6 Å². The van der Waals surface area contributed by atoms with Crippen LogP contribution in [-0.2, 0) is 0 Å². The second-order valence-electron chi connectivity index (χ2n) is 3.05. The first-order chi connectivity index (χ1) is 4.54. The van der Waals surface area contributed by atoms with Crippen LogP contribution < -0.4 is 0 Å². The van der Waals surface area contributed by atoms with Crippen LogP contribution in [0.15, 0.2) is 0 Å². The molecule has 0 aromatic rings. The molecule has 0 heterocycles. The van der Waals surface area contributed by atoms with E-state index in [4.69, 9.17) is 6.42 Å². The molecular formula is C9H16O. The summed E-state index contributed by atoms with van der Waals surface area (Å²) in [5.41, 5.74) is -0.677. The van der Waals surface area contributed by atoms with Crippen molar-refractivity contribution >= 4 is 0 Å². The zero-order valence-corrected chi connectivity index (χ0v) is 7.02. The molecule has 0 saturated heterocycles. The molecular weight excluding hydrogens is 124 g/mol. The van der Waals surface area contributed by atoms with Crippen LogP contribution in [0.3, 0.4) is 0 Å². The molecule has 0 amide bonds. The van der Waals surface area contributed by atoms with Crippen LogP contribution in [0.25, 0.3) is 0 Å². The van der Waals surface area contributed by atoms with Crippen LogP contribution in [-0.4, -0.2) is 10.7 Å². The van der Waals surface area contributed by atoms with Gasteiger partial charge in [-0.15, -0.1) is 12.3 Å². The Labute approximate surface area is 63.5 Å². The van der Waals surface area contributed by atoms with Crippen molar-refractivity contribution in [3.05, 3.63) is 0 Å². The maximum Gasteiger partial charge on any atom is 0.0753 e. The summed E-state index contributed by atoms with van der Waals surface area (Å²) < 4.78 is 0. The van der Waals surface area contributed by atoms with Gasteiger partial charge in [-0.1, -0.05) is 20.3 Å². The Bertz CT molecular complexity index is 130. The summed E-state index contributed by atoms with van der Waals surface area (Å²) in [5, 5.41) is 9.64. The van der Waals surface area contributed by atoms with Crippen LogP contribution in [0, 0.1) is 18.3 Å². The van der Waals surface area contributed by atoms with Gasteiger partial charge in [0.05, 0.1) is 5.60 Å². The molecule has 0 spiro atoms. The highest BCUT2D eigenvalue weighted by Gasteiger charge is 2.25. The maximum atomic E-state index is 9.64. The molecule has 0 unspecified atom stereocenters. The second kappa shape index (κ2) is 3.63. The minimum atomic E-state index is -0.677. The zero-order valence-electron chi connectivity index (χ0n) is 7.02. The fraction of sp³-hybridized carbons (Fsp3) is 0.778. The minimum absolute atomic E-state index is 0.281. The number of hydrogen-bond donors (Lipinski definition) is 1. The molecule has 1 N–H and O–H groups in total. The summed E-state index contributed by atoms with van der Waals surface area (Å²) in [7, 11) is 0. The Morgan fingerprint density at radius 3 is 2.50 bits per heavy atom. The molecule has 0 rings (SSSR count). The van der Waals surface area contributed by atoms with E-state index in [1.54, 1.807) is 6.92 Å². The fourth-order valence-electron chi connectivity index (χ4n) is 0.821. The molecule has 1 nitrogen and oxygen atoms in total. The average Bonchev–Trinajstić information content (AvgIpc) is 1.86. The molecule has 0 aromatic heterocycles. The third-order valence-corrected chi connectivity index (χ3v) is 2.13. The standard InChI is InChI=1S/C9H16O/c1-5-7-9(4,10)8(3)6-2/h1,8,10H,6-7H2,2-4H3/t8-,9-/m0/s1. The van der Waals surface area contributed by atoms with Crippen molar-refractivity contribution in [2.45, 2.75) is 39.2 Å². The van der Waals surface area contributed by atoms with Crippen molar-refractivity contribution in [1.29, 1.82) is 0 Å². The first kappa shape index (κ1) is 9.52. The molecule has 0 fully saturated rings. The van der Waals surface area contributed by atoms with Gasteiger partial charge in [0, 0.05) is 6.42 Å². The molecule has 0 saturated carbocycles. The van der Waals surface area contributed by atoms with Gasteiger partial charge in [0.25, 0.3) is 0 Å². The Morgan fingerprint density at radius 1 is 1.70 bits per heavy atom. The topological polar surface area (TPSA) is 20.2 Å². The summed E-state index contributed by atoms with van der Waals surface area (Å²) in [5.74, 6) is 2.75. The van der Waals surface area contributed by atoms with Gasteiger partial charge in [-0.2, -0.15) is 0 Å². The van der Waals surface area contributed by atoms with E-state index in [0.29, 0.717) is 6.42 Å². The van der Waals surface area contributed by atoms with Gasteiger partial charge in [-0.05, 0) is 12.8 Å². The van der Waals surface area contributed by atoms with Crippen molar-refractivity contribution < 1.29 is 5.11 Å². The third kappa shape index (κ3) is 2.41. The van der Waals surface area contributed by atoms with Gasteiger partial charge in [-0.3, -0.25) is 0 Å². The summed E-state index contributed by atoms with van der Waals surface area (Å²) in [6.45, 7) is 5.86. The molecule has 2 atom stereocenters. The first-order valence-corrected chi connectivity index (χ1v) is 3.70. The van der Waals surface area contributed by atoms with Crippen LogP contribution in [0.4, 0.5) is 0 Å². The predicted octanol–water partition coefficient (Wildman–Crippen LogP) is 1.81.